The number of carbonyl (C=O) groups excluding carboxylic acids is 1. The Bertz CT molecular complexity index is 1620. The minimum atomic E-state index is -0.151. The molecule has 3 aromatic carbocycles. The number of nitrogens with zero attached hydrogens (tertiary/aromatic N) is 4. The summed E-state index contributed by atoms with van der Waals surface area (Å²) in [6.07, 6.45) is 0. The van der Waals surface area contributed by atoms with Crippen LogP contribution in [0, 0.1) is 20.8 Å². The zero-order chi connectivity index (χ0) is 24.5. The summed E-state index contributed by atoms with van der Waals surface area (Å²) in [6, 6.07) is 21.5. The molecule has 0 aliphatic carbocycles. The van der Waals surface area contributed by atoms with E-state index in [1.807, 2.05) is 91.9 Å². The summed E-state index contributed by atoms with van der Waals surface area (Å²) in [5.74, 6) is 0.508. The monoisotopic (exact) mass is 483 g/mol. The van der Waals surface area contributed by atoms with Crippen LogP contribution >= 0.6 is 11.8 Å². The number of aromatic nitrogens is 4. The molecule has 0 unspecified atom stereocenters. The number of amides is 1. The average Bonchev–Trinajstić information content (AvgIpc) is 3.28. The Labute approximate surface area is 206 Å². The quantitative estimate of drug-likeness (QED) is 0.363. The number of para-hydroxylation sites is 1. The van der Waals surface area contributed by atoms with E-state index in [0.29, 0.717) is 28.4 Å². The molecule has 5 rings (SSSR count). The highest BCUT2D eigenvalue weighted by atomic mass is 32.2. The predicted molar refractivity (Wildman–Crippen MR) is 139 cm³/mol. The molecule has 176 valence electrons. The van der Waals surface area contributed by atoms with Gasteiger partial charge in [0.25, 0.3) is 5.56 Å². The van der Waals surface area contributed by atoms with E-state index >= 15 is 0 Å². The summed E-state index contributed by atoms with van der Waals surface area (Å²) < 4.78 is 3.47. The maximum Gasteiger partial charge on any atom is 0.267 e. The molecule has 5 aromatic rings. The highest BCUT2D eigenvalue weighted by molar-refractivity contribution is 7.99. The highest BCUT2D eigenvalue weighted by Crippen LogP contribution is 2.24. The molecule has 0 aliphatic heterocycles. The van der Waals surface area contributed by atoms with Gasteiger partial charge in [-0.15, -0.1) is 10.2 Å². The summed E-state index contributed by atoms with van der Waals surface area (Å²) in [7, 11) is 0. The van der Waals surface area contributed by atoms with Crippen LogP contribution in [-0.2, 0) is 11.3 Å². The number of hydrogen-bond donors (Lipinski definition) is 1. The highest BCUT2D eigenvalue weighted by Gasteiger charge is 2.19. The standard InChI is InChI=1S/C27H25N5O2S/c1-17-9-12-20(13-10-17)15-28-24(33)16-35-27-30-29-26-31(23-14-18(2)8-11-19(23)3)25(34)21-6-4-5-7-22(21)32(26)27/h4-14H,15-16H2,1-3H3,(H,28,33). The maximum atomic E-state index is 13.5. The lowest BCUT2D eigenvalue weighted by Crippen LogP contribution is -2.25. The molecule has 8 heteroatoms. The molecule has 2 heterocycles. The third-order valence-corrected chi connectivity index (χ3v) is 6.87. The van der Waals surface area contributed by atoms with Crippen molar-refractivity contribution in [2.24, 2.45) is 0 Å². The molecule has 7 nitrogen and oxygen atoms in total. The first-order valence-electron chi connectivity index (χ1n) is 11.3. The molecule has 0 radical (unpaired) electrons. The lowest BCUT2D eigenvalue weighted by molar-refractivity contribution is -0.118. The van der Waals surface area contributed by atoms with Crippen molar-refractivity contribution in [1.29, 1.82) is 0 Å². The molecule has 0 saturated carbocycles. The van der Waals surface area contributed by atoms with Crippen LogP contribution in [0.25, 0.3) is 22.4 Å². The Morgan fingerprint density at radius 2 is 1.69 bits per heavy atom. The molecular formula is C27H25N5O2S. The maximum absolute atomic E-state index is 13.5. The first kappa shape index (κ1) is 22.9. The summed E-state index contributed by atoms with van der Waals surface area (Å²) in [5, 5.41) is 12.8. The second-order valence-electron chi connectivity index (χ2n) is 8.62. The van der Waals surface area contributed by atoms with Gasteiger partial charge in [0.05, 0.1) is 22.3 Å². The van der Waals surface area contributed by atoms with E-state index in [0.717, 1.165) is 22.4 Å². The van der Waals surface area contributed by atoms with Crippen molar-refractivity contribution in [3.8, 4) is 5.69 Å². The number of aryl methyl sites for hydroxylation is 3. The number of rotatable bonds is 6. The zero-order valence-corrected chi connectivity index (χ0v) is 20.6. The van der Waals surface area contributed by atoms with Crippen LogP contribution in [0.3, 0.4) is 0 Å². The van der Waals surface area contributed by atoms with Crippen molar-refractivity contribution in [1.82, 2.24) is 24.5 Å². The van der Waals surface area contributed by atoms with Crippen molar-refractivity contribution in [3.63, 3.8) is 0 Å². The topological polar surface area (TPSA) is 81.3 Å². The lowest BCUT2D eigenvalue weighted by atomic mass is 10.1. The number of carbonyl (C=O) groups is 1. The molecule has 0 bridgehead atoms. The third-order valence-electron chi connectivity index (χ3n) is 5.94. The fourth-order valence-corrected chi connectivity index (χ4v) is 4.81. The van der Waals surface area contributed by atoms with Gasteiger partial charge in [-0.25, -0.2) is 4.57 Å². The van der Waals surface area contributed by atoms with Gasteiger partial charge in [-0.3, -0.25) is 14.0 Å². The number of thioether (sulfide) groups is 1. The van der Waals surface area contributed by atoms with Crippen LogP contribution in [-0.4, -0.2) is 30.8 Å². The summed E-state index contributed by atoms with van der Waals surface area (Å²) in [6.45, 7) is 6.46. The molecule has 1 N–H and O–H groups in total. The van der Waals surface area contributed by atoms with Gasteiger partial charge in [-0.1, -0.05) is 65.9 Å². The van der Waals surface area contributed by atoms with Crippen LogP contribution in [0.15, 0.2) is 76.7 Å². The smallest absolute Gasteiger partial charge is 0.267 e. The lowest BCUT2D eigenvalue weighted by Gasteiger charge is -2.14. The van der Waals surface area contributed by atoms with Crippen molar-refractivity contribution in [3.05, 3.63) is 99.3 Å². The van der Waals surface area contributed by atoms with Crippen molar-refractivity contribution >= 4 is 34.3 Å². The third kappa shape index (κ3) is 4.44. The van der Waals surface area contributed by atoms with E-state index < -0.39 is 0 Å². The number of nitrogens with one attached hydrogen (secondary N) is 1. The molecule has 1 amide bonds. The average molecular weight is 484 g/mol. The SMILES string of the molecule is Cc1ccc(CNC(=O)CSc2nnc3n(-c4cc(C)ccc4C)c(=O)c4ccccc4n23)cc1. The second-order valence-corrected chi connectivity index (χ2v) is 9.56. The van der Waals surface area contributed by atoms with Crippen LogP contribution in [0.2, 0.25) is 0 Å². The first-order valence-corrected chi connectivity index (χ1v) is 12.3. The summed E-state index contributed by atoms with van der Waals surface area (Å²) in [4.78, 5) is 26.1. The van der Waals surface area contributed by atoms with Crippen LogP contribution in [0.5, 0.6) is 0 Å². The molecule has 0 atom stereocenters. The van der Waals surface area contributed by atoms with Gasteiger partial charge in [-0.05, 0) is 55.7 Å². The van der Waals surface area contributed by atoms with Gasteiger partial charge in [0.2, 0.25) is 11.7 Å². The van der Waals surface area contributed by atoms with Gasteiger partial charge in [0.15, 0.2) is 5.16 Å². The van der Waals surface area contributed by atoms with Crippen LogP contribution in [0.4, 0.5) is 0 Å². The van der Waals surface area contributed by atoms with Crippen molar-refractivity contribution < 1.29 is 4.79 Å². The molecule has 0 spiro atoms. The minimum absolute atomic E-state index is 0.0977. The van der Waals surface area contributed by atoms with Crippen molar-refractivity contribution in [2.75, 3.05) is 5.75 Å². The molecule has 0 aliphatic rings. The molecule has 35 heavy (non-hydrogen) atoms. The fourth-order valence-electron chi connectivity index (χ4n) is 4.04. The number of hydrogen-bond acceptors (Lipinski definition) is 5. The molecule has 0 fully saturated rings. The van der Waals surface area contributed by atoms with Crippen LogP contribution in [0.1, 0.15) is 22.3 Å². The molecule has 0 saturated heterocycles. The zero-order valence-electron chi connectivity index (χ0n) is 19.8. The van der Waals surface area contributed by atoms with Crippen LogP contribution < -0.4 is 10.9 Å². The van der Waals surface area contributed by atoms with Gasteiger partial charge in [0, 0.05) is 6.54 Å². The Morgan fingerprint density at radius 1 is 0.943 bits per heavy atom. The normalized spacial score (nSPS) is 11.3. The number of benzene rings is 3. The summed E-state index contributed by atoms with van der Waals surface area (Å²) >= 11 is 1.30. The summed E-state index contributed by atoms with van der Waals surface area (Å²) in [5.41, 5.74) is 5.56. The Morgan fingerprint density at radius 3 is 2.49 bits per heavy atom. The second kappa shape index (κ2) is 9.38. The van der Waals surface area contributed by atoms with Gasteiger partial charge in [-0.2, -0.15) is 0 Å². The van der Waals surface area contributed by atoms with Gasteiger partial charge < -0.3 is 5.32 Å². The predicted octanol–water partition coefficient (Wildman–Crippen LogP) is 4.37. The van der Waals surface area contributed by atoms with Gasteiger partial charge in [0.1, 0.15) is 0 Å². The van der Waals surface area contributed by atoms with E-state index in [-0.39, 0.29) is 17.2 Å². The van der Waals surface area contributed by atoms with E-state index in [9.17, 15) is 9.59 Å². The first-order chi connectivity index (χ1) is 16.9. The van der Waals surface area contributed by atoms with E-state index in [2.05, 4.69) is 15.5 Å². The Balaban J connectivity index is 1.50. The minimum Gasteiger partial charge on any atom is -0.351 e. The van der Waals surface area contributed by atoms with Crippen molar-refractivity contribution in [2.45, 2.75) is 32.5 Å². The fraction of sp³-hybridized carbons (Fsp3) is 0.185. The largest absolute Gasteiger partial charge is 0.351 e. The molecule has 2 aromatic heterocycles. The van der Waals surface area contributed by atoms with Gasteiger partial charge >= 0.3 is 0 Å². The van der Waals surface area contributed by atoms with E-state index in [1.54, 1.807) is 4.57 Å². The Kier molecular flexibility index (Phi) is 6.13. The van der Waals surface area contributed by atoms with E-state index in [4.69, 9.17) is 0 Å². The van der Waals surface area contributed by atoms with E-state index in [1.165, 1.54) is 17.3 Å². The number of fused-ring (bicyclic) bond motifs is 3. The molecular weight excluding hydrogens is 458 g/mol. The Hall–Kier alpha value is -3.91.